The molecule has 7 heteroatoms. The Kier molecular flexibility index (Phi) is 5.84. The Hall–Kier alpha value is -3.48. The molecule has 160 valence electrons. The van der Waals surface area contributed by atoms with E-state index in [1.165, 1.54) is 12.4 Å². The third-order valence-corrected chi connectivity index (χ3v) is 5.44. The van der Waals surface area contributed by atoms with Crippen LogP contribution in [0.3, 0.4) is 0 Å². The number of anilines is 1. The fourth-order valence-corrected chi connectivity index (χ4v) is 3.69. The molecule has 4 rings (SSSR count). The molecule has 2 heterocycles. The average Bonchev–Trinajstić information content (AvgIpc) is 2.76. The maximum Gasteiger partial charge on any atom is 0.254 e. The van der Waals surface area contributed by atoms with E-state index in [-0.39, 0.29) is 23.6 Å². The van der Waals surface area contributed by atoms with E-state index in [0.717, 1.165) is 11.1 Å². The molecule has 0 saturated carbocycles. The summed E-state index contributed by atoms with van der Waals surface area (Å²) in [5.41, 5.74) is 2.72. The predicted octanol–water partition coefficient (Wildman–Crippen LogP) is 4.38. The lowest BCUT2D eigenvalue weighted by molar-refractivity contribution is 0.0673. The second-order valence-electron chi connectivity index (χ2n) is 7.91. The number of piperazine rings is 1. The van der Waals surface area contributed by atoms with Crippen LogP contribution in [0, 0.1) is 19.7 Å². The van der Waals surface area contributed by atoms with Crippen molar-refractivity contribution in [2.24, 2.45) is 0 Å². The van der Waals surface area contributed by atoms with Gasteiger partial charge in [-0.1, -0.05) is 23.8 Å². The summed E-state index contributed by atoms with van der Waals surface area (Å²) in [6.45, 7) is 7.75. The van der Waals surface area contributed by atoms with Crippen LogP contribution in [0.5, 0.6) is 11.6 Å². The first kappa shape index (κ1) is 20.8. The number of hydrogen-bond acceptors (Lipinski definition) is 5. The van der Waals surface area contributed by atoms with Gasteiger partial charge < -0.3 is 14.5 Å². The molecule has 0 spiro atoms. The van der Waals surface area contributed by atoms with Crippen molar-refractivity contribution in [2.75, 3.05) is 24.5 Å². The summed E-state index contributed by atoms with van der Waals surface area (Å²) in [6.07, 6.45) is 1.41. The van der Waals surface area contributed by atoms with E-state index >= 15 is 0 Å². The van der Waals surface area contributed by atoms with Crippen LogP contribution in [0.15, 0.2) is 54.9 Å². The molecule has 31 heavy (non-hydrogen) atoms. The van der Waals surface area contributed by atoms with Crippen molar-refractivity contribution in [3.63, 3.8) is 0 Å². The molecular weight excluding hydrogens is 395 g/mol. The van der Waals surface area contributed by atoms with Crippen molar-refractivity contribution in [1.82, 2.24) is 14.9 Å². The van der Waals surface area contributed by atoms with Gasteiger partial charge in [-0.25, -0.2) is 14.4 Å². The summed E-state index contributed by atoms with van der Waals surface area (Å²) < 4.78 is 19.7. The van der Waals surface area contributed by atoms with Crippen LogP contribution in [0.4, 0.5) is 10.2 Å². The summed E-state index contributed by atoms with van der Waals surface area (Å²) in [7, 11) is 0. The highest BCUT2D eigenvalue weighted by molar-refractivity contribution is 5.94. The summed E-state index contributed by atoms with van der Waals surface area (Å²) >= 11 is 0. The minimum Gasteiger partial charge on any atom is -0.436 e. The SMILES string of the molecule is Cc1ccc(C(=O)N2CCN(c3cc(Oc4cc(C)ccc4F)ncn3)CC2C)cc1. The lowest BCUT2D eigenvalue weighted by Gasteiger charge is -2.40. The number of ether oxygens (including phenoxy) is 1. The zero-order valence-corrected chi connectivity index (χ0v) is 17.9. The van der Waals surface area contributed by atoms with Gasteiger partial charge in [0.25, 0.3) is 5.91 Å². The molecule has 1 fully saturated rings. The third kappa shape index (κ3) is 4.66. The van der Waals surface area contributed by atoms with Gasteiger partial charge in [-0.15, -0.1) is 0 Å². The molecule has 1 saturated heterocycles. The highest BCUT2D eigenvalue weighted by Gasteiger charge is 2.29. The number of benzene rings is 2. The third-order valence-electron chi connectivity index (χ3n) is 5.44. The summed E-state index contributed by atoms with van der Waals surface area (Å²) in [5.74, 6) is 0.690. The smallest absolute Gasteiger partial charge is 0.254 e. The quantitative estimate of drug-likeness (QED) is 0.627. The second kappa shape index (κ2) is 8.71. The maximum absolute atomic E-state index is 14.0. The molecule has 1 atom stereocenters. The van der Waals surface area contributed by atoms with E-state index in [0.29, 0.717) is 31.0 Å². The van der Waals surface area contributed by atoms with Crippen LogP contribution in [0.25, 0.3) is 0 Å². The predicted molar refractivity (Wildman–Crippen MR) is 117 cm³/mol. The Morgan fingerprint density at radius 1 is 1.03 bits per heavy atom. The lowest BCUT2D eigenvalue weighted by atomic mass is 10.1. The highest BCUT2D eigenvalue weighted by atomic mass is 19.1. The van der Waals surface area contributed by atoms with Gasteiger partial charge in [0.15, 0.2) is 11.6 Å². The van der Waals surface area contributed by atoms with Crippen LogP contribution < -0.4 is 9.64 Å². The molecule has 1 aromatic heterocycles. The Balaban J connectivity index is 1.45. The van der Waals surface area contributed by atoms with Crippen molar-refractivity contribution in [1.29, 1.82) is 0 Å². The molecule has 0 bridgehead atoms. The van der Waals surface area contributed by atoms with Gasteiger partial charge in [-0.2, -0.15) is 0 Å². The first-order valence-corrected chi connectivity index (χ1v) is 10.3. The normalized spacial score (nSPS) is 16.3. The largest absolute Gasteiger partial charge is 0.436 e. The van der Waals surface area contributed by atoms with E-state index < -0.39 is 5.82 Å². The lowest BCUT2D eigenvalue weighted by Crippen LogP contribution is -2.54. The molecule has 0 aliphatic carbocycles. The van der Waals surface area contributed by atoms with Crippen molar-refractivity contribution in [2.45, 2.75) is 26.8 Å². The van der Waals surface area contributed by atoms with Crippen LogP contribution in [0.1, 0.15) is 28.4 Å². The molecule has 6 nitrogen and oxygen atoms in total. The first-order valence-electron chi connectivity index (χ1n) is 10.3. The van der Waals surface area contributed by atoms with E-state index in [9.17, 15) is 9.18 Å². The Morgan fingerprint density at radius 3 is 2.52 bits per heavy atom. The molecule has 0 N–H and O–H groups in total. The van der Waals surface area contributed by atoms with Gasteiger partial charge in [-0.3, -0.25) is 4.79 Å². The Morgan fingerprint density at radius 2 is 1.77 bits per heavy atom. The monoisotopic (exact) mass is 420 g/mol. The number of halogens is 1. The van der Waals surface area contributed by atoms with Crippen molar-refractivity contribution < 1.29 is 13.9 Å². The maximum atomic E-state index is 14.0. The summed E-state index contributed by atoms with van der Waals surface area (Å²) in [6, 6.07) is 14.0. The summed E-state index contributed by atoms with van der Waals surface area (Å²) in [4.78, 5) is 25.4. The van der Waals surface area contributed by atoms with Gasteiger partial charge in [0.05, 0.1) is 0 Å². The number of rotatable bonds is 4. The van der Waals surface area contributed by atoms with Crippen LogP contribution in [-0.2, 0) is 0 Å². The number of aryl methyl sites for hydroxylation is 2. The van der Waals surface area contributed by atoms with Crippen molar-refractivity contribution in [3.05, 3.63) is 77.4 Å². The highest BCUT2D eigenvalue weighted by Crippen LogP contribution is 2.27. The number of carbonyl (C=O) groups is 1. The number of nitrogens with zero attached hydrogens (tertiary/aromatic N) is 4. The number of carbonyl (C=O) groups excluding carboxylic acids is 1. The molecule has 1 unspecified atom stereocenters. The molecule has 1 aliphatic rings. The number of hydrogen-bond donors (Lipinski definition) is 0. The zero-order chi connectivity index (χ0) is 22.0. The number of amides is 1. The molecule has 0 radical (unpaired) electrons. The van der Waals surface area contributed by atoms with E-state index in [2.05, 4.69) is 14.9 Å². The van der Waals surface area contributed by atoms with Gasteiger partial charge in [-0.05, 0) is 50.6 Å². The van der Waals surface area contributed by atoms with E-state index in [1.807, 2.05) is 49.9 Å². The van der Waals surface area contributed by atoms with Crippen LogP contribution >= 0.6 is 0 Å². The number of aromatic nitrogens is 2. The van der Waals surface area contributed by atoms with Gasteiger partial charge in [0.1, 0.15) is 12.1 Å². The summed E-state index contributed by atoms with van der Waals surface area (Å²) in [5, 5.41) is 0. The minimum atomic E-state index is -0.442. The first-order chi connectivity index (χ1) is 14.9. The molecule has 1 aliphatic heterocycles. The zero-order valence-electron chi connectivity index (χ0n) is 17.9. The van der Waals surface area contributed by atoms with Crippen molar-refractivity contribution in [3.8, 4) is 11.6 Å². The fourth-order valence-electron chi connectivity index (χ4n) is 3.69. The topological polar surface area (TPSA) is 58.6 Å². The van der Waals surface area contributed by atoms with E-state index in [1.54, 1.807) is 18.2 Å². The standard InChI is InChI=1S/C24H25FN4O2/c1-16-4-7-19(8-5-16)24(30)29-11-10-28(14-18(29)3)22-13-23(27-15-26-22)31-21-12-17(2)6-9-20(21)25/h4-9,12-13,15,18H,10-11,14H2,1-3H3. The Labute approximate surface area is 181 Å². The molecule has 3 aromatic rings. The molecule has 1 amide bonds. The second-order valence-corrected chi connectivity index (χ2v) is 7.91. The van der Waals surface area contributed by atoms with Gasteiger partial charge in [0, 0.05) is 37.3 Å². The van der Waals surface area contributed by atoms with Gasteiger partial charge in [0.2, 0.25) is 5.88 Å². The van der Waals surface area contributed by atoms with E-state index in [4.69, 9.17) is 4.74 Å². The Bertz CT molecular complexity index is 1090. The van der Waals surface area contributed by atoms with Crippen LogP contribution in [0.2, 0.25) is 0 Å². The van der Waals surface area contributed by atoms with Crippen LogP contribution in [-0.4, -0.2) is 46.5 Å². The average molecular weight is 420 g/mol. The molecule has 2 aromatic carbocycles. The molecular formula is C24H25FN4O2. The van der Waals surface area contributed by atoms with Gasteiger partial charge >= 0.3 is 0 Å². The fraction of sp³-hybridized carbons (Fsp3) is 0.292. The van der Waals surface area contributed by atoms with Crippen molar-refractivity contribution >= 4 is 11.7 Å². The minimum absolute atomic E-state index is 0.0103.